The van der Waals surface area contributed by atoms with Crippen molar-refractivity contribution in [2.24, 2.45) is 5.92 Å². The number of hydrogen-bond acceptors (Lipinski definition) is 1. The van der Waals surface area contributed by atoms with E-state index in [9.17, 15) is 4.79 Å². The molecule has 3 aromatic carbocycles. The molecule has 154 valence electrons. The van der Waals surface area contributed by atoms with Gasteiger partial charge in [0.1, 0.15) is 6.54 Å². The fourth-order valence-electron chi connectivity index (χ4n) is 5.77. The average molecular weight is 408 g/mol. The normalized spacial score (nSPS) is 22.3. The van der Waals surface area contributed by atoms with Crippen molar-refractivity contribution in [3.63, 3.8) is 0 Å². The third kappa shape index (κ3) is 3.39. The quantitative estimate of drug-likeness (QED) is 0.548. The fraction of sp³-hybridized carbons (Fsp3) is 0.250. The Morgan fingerprint density at radius 1 is 0.839 bits per heavy atom. The third-order valence-electron chi connectivity index (χ3n) is 7.15. The van der Waals surface area contributed by atoms with Gasteiger partial charge in [-0.05, 0) is 41.0 Å². The second-order valence-electron chi connectivity index (χ2n) is 9.27. The number of rotatable bonds is 3. The average Bonchev–Trinajstić information content (AvgIpc) is 2.80. The molecule has 31 heavy (non-hydrogen) atoms. The Bertz CT molecular complexity index is 1310. The molecule has 3 heteroatoms. The first-order chi connectivity index (χ1) is 15.2. The van der Waals surface area contributed by atoms with E-state index in [2.05, 4.69) is 89.5 Å². The van der Waals surface area contributed by atoms with Crippen LogP contribution in [0.3, 0.4) is 0 Å². The molecule has 0 saturated carbocycles. The molecule has 1 fully saturated rings. The van der Waals surface area contributed by atoms with Crippen LogP contribution in [-0.2, 0) is 13.1 Å². The largest absolute Gasteiger partial charge is 0.330 e. The van der Waals surface area contributed by atoms with Crippen LogP contribution < -0.4 is 10.5 Å². The van der Waals surface area contributed by atoms with E-state index in [0.717, 1.165) is 37.3 Å². The van der Waals surface area contributed by atoms with Gasteiger partial charge < -0.3 is 9.47 Å². The van der Waals surface area contributed by atoms with E-state index >= 15 is 0 Å². The minimum Gasteiger partial charge on any atom is -0.330 e. The highest BCUT2D eigenvalue weighted by molar-refractivity contribution is 5.87. The number of benzene rings is 3. The number of pyridine rings is 1. The number of likely N-dealkylation sites (tertiary alicyclic amines) is 1. The number of aromatic nitrogens is 1. The van der Waals surface area contributed by atoms with Crippen molar-refractivity contribution < 1.29 is 4.90 Å². The van der Waals surface area contributed by atoms with E-state index in [1.54, 1.807) is 4.90 Å². The van der Waals surface area contributed by atoms with Gasteiger partial charge in [0, 0.05) is 35.2 Å². The van der Waals surface area contributed by atoms with Gasteiger partial charge in [-0.1, -0.05) is 66.7 Å². The lowest BCUT2D eigenvalue weighted by Crippen LogP contribution is -3.13. The number of nitrogens with zero attached hydrogens (tertiary/aromatic N) is 1. The molecule has 1 unspecified atom stereocenters. The van der Waals surface area contributed by atoms with Gasteiger partial charge in [-0.15, -0.1) is 0 Å². The summed E-state index contributed by atoms with van der Waals surface area (Å²) in [6.07, 6.45) is 1.22. The van der Waals surface area contributed by atoms with Crippen molar-refractivity contribution in [2.75, 3.05) is 13.1 Å². The molecule has 1 aromatic heterocycles. The molecule has 2 aliphatic heterocycles. The lowest BCUT2D eigenvalue weighted by Gasteiger charge is -2.40. The molecule has 1 saturated heterocycles. The molecule has 2 bridgehead atoms. The van der Waals surface area contributed by atoms with Gasteiger partial charge in [0.05, 0.1) is 13.1 Å². The van der Waals surface area contributed by atoms with Crippen LogP contribution in [0.5, 0.6) is 0 Å². The standard InChI is InChI=1S/C28H26N2O/c31-28-26(24-11-10-22-8-4-5-9-23(22)15-24)12-13-27-25-14-21(18-30(27)28)17-29(19-25)16-20-6-2-1-3-7-20/h1-13,15,21,25H,14,16-19H2/p+1/t21-,25+/m0/s1. The maximum Gasteiger partial charge on any atom is 0.258 e. The zero-order valence-corrected chi connectivity index (χ0v) is 17.6. The summed E-state index contributed by atoms with van der Waals surface area (Å²) in [4.78, 5) is 15.2. The van der Waals surface area contributed by atoms with Gasteiger partial charge >= 0.3 is 0 Å². The van der Waals surface area contributed by atoms with E-state index in [1.165, 1.54) is 28.5 Å². The molecule has 3 nitrogen and oxygen atoms in total. The number of piperidine rings is 1. The zero-order chi connectivity index (χ0) is 20.8. The van der Waals surface area contributed by atoms with Gasteiger partial charge in [0.25, 0.3) is 5.56 Å². The number of hydrogen-bond donors (Lipinski definition) is 1. The summed E-state index contributed by atoms with van der Waals surface area (Å²) in [5.41, 5.74) is 4.65. The van der Waals surface area contributed by atoms with Crippen LogP contribution in [0.2, 0.25) is 0 Å². The minimum atomic E-state index is 0.175. The third-order valence-corrected chi connectivity index (χ3v) is 7.15. The molecular weight excluding hydrogens is 380 g/mol. The maximum absolute atomic E-state index is 13.5. The molecule has 0 amide bonds. The molecule has 0 spiro atoms. The predicted molar refractivity (Wildman–Crippen MR) is 125 cm³/mol. The maximum atomic E-state index is 13.5. The van der Waals surface area contributed by atoms with Gasteiger partial charge in [0.15, 0.2) is 0 Å². The Hall–Kier alpha value is -3.17. The topological polar surface area (TPSA) is 26.4 Å². The molecule has 4 aromatic rings. The fourth-order valence-corrected chi connectivity index (χ4v) is 5.77. The van der Waals surface area contributed by atoms with Crippen molar-refractivity contribution in [3.05, 3.63) is 107 Å². The van der Waals surface area contributed by atoms with Crippen LogP contribution in [0.1, 0.15) is 23.6 Å². The molecule has 6 rings (SSSR count). The lowest BCUT2D eigenvalue weighted by molar-refractivity contribution is -0.924. The Balaban J connectivity index is 1.32. The second kappa shape index (κ2) is 7.51. The SMILES string of the molecule is O=c1c(-c2ccc3ccccc3c2)ccc2n1C[C@H]1C[C@@H]2C[NH+](Cc2ccccc2)C1. The van der Waals surface area contributed by atoms with Crippen LogP contribution in [0.15, 0.2) is 89.7 Å². The van der Waals surface area contributed by atoms with Crippen LogP contribution >= 0.6 is 0 Å². The van der Waals surface area contributed by atoms with E-state index in [4.69, 9.17) is 0 Å². The Kier molecular flexibility index (Phi) is 4.50. The summed E-state index contributed by atoms with van der Waals surface area (Å²) in [5, 5.41) is 2.39. The van der Waals surface area contributed by atoms with Crippen molar-refractivity contribution >= 4 is 10.8 Å². The molecule has 0 aliphatic carbocycles. The Labute approximate surface area is 182 Å². The highest BCUT2D eigenvalue weighted by Crippen LogP contribution is 2.32. The summed E-state index contributed by atoms with van der Waals surface area (Å²) >= 11 is 0. The van der Waals surface area contributed by atoms with Crippen molar-refractivity contribution in [3.8, 4) is 11.1 Å². The van der Waals surface area contributed by atoms with Crippen molar-refractivity contribution in [1.29, 1.82) is 0 Å². The smallest absolute Gasteiger partial charge is 0.258 e. The number of nitrogens with one attached hydrogen (secondary N) is 1. The Morgan fingerprint density at radius 2 is 1.65 bits per heavy atom. The summed E-state index contributed by atoms with van der Waals surface area (Å²) in [6, 6.07) is 29.8. The Morgan fingerprint density at radius 3 is 2.52 bits per heavy atom. The molecule has 3 heterocycles. The summed E-state index contributed by atoms with van der Waals surface area (Å²) in [7, 11) is 0. The van der Waals surface area contributed by atoms with Crippen LogP contribution in [0, 0.1) is 5.92 Å². The van der Waals surface area contributed by atoms with E-state index in [1.807, 2.05) is 0 Å². The highest BCUT2D eigenvalue weighted by atomic mass is 16.1. The summed E-state index contributed by atoms with van der Waals surface area (Å²) in [5.74, 6) is 1.05. The monoisotopic (exact) mass is 407 g/mol. The minimum absolute atomic E-state index is 0.175. The molecular formula is C28H27N2O+. The van der Waals surface area contributed by atoms with Crippen LogP contribution in [0.25, 0.3) is 21.9 Å². The predicted octanol–water partition coefficient (Wildman–Crippen LogP) is 3.87. The van der Waals surface area contributed by atoms with E-state index in [-0.39, 0.29) is 5.56 Å². The van der Waals surface area contributed by atoms with Gasteiger partial charge in [-0.2, -0.15) is 0 Å². The summed E-state index contributed by atoms with van der Waals surface area (Å²) < 4.78 is 2.09. The number of quaternary nitrogens is 1. The highest BCUT2D eigenvalue weighted by Gasteiger charge is 2.37. The van der Waals surface area contributed by atoms with Crippen LogP contribution in [-0.4, -0.2) is 17.7 Å². The summed E-state index contributed by atoms with van der Waals surface area (Å²) in [6.45, 7) is 4.19. The second-order valence-corrected chi connectivity index (χ2v) is 9.27. The van der Waals surface area contributed by atoms with Gasteiger partial charge in [0.2, 0.25) is 0 Å². The van der Waals surface area contributed by atoms with Crippen molar-refractivity contribution in [2.45, 2.75) is 25.4 Å². The molecule has 3 atom stereocenters. The van der Waals surface area contributed by atoms with E-state index in [0.29, 0.717) is 11.8 Å². The zero-order valence-electron chi connectivity index (χ0n) is 17.6. The van der Waals surface area contributed by atoms with Gasteiger partial charge in [-0.3, -0.25) is 4.79 Å². The van der Waals surface area contributed by atoms with E-state index < -0.39 is 0 Å². The first-order valence-electron chi connectivity index (χ1n) is 11.3. The molecule has 2 aliphatic rings. The first kappa shape index (κ1) is 18.6. The van der Waals surface area contributed by atoms with Gasteiger partial charge in [-0.25, -0.2) is 0 Å². The van der Waals surface area contributed by atoms with Crippen LogP contribution in [0.4, 0.5) is 0 Å². The van der Waals surface area contributed by atoms with Crippen molar-refractivity contribution in [1.82, 2.24) is 4.57 Å². The first-order valence-corrected chi connectivity index (χ1v) is 11.3. The molecule has 1 N–H and O–H groups in total. The number of fused-ring (bicyclic) bond motifs is 5. The molecule has 0 radical (unpaired) electrons. The lowest BCUT2D eigenvalue weighted by atomic mass is 9.82.